The SMILES string of the molecule is Cn1ccnc1-c1[c-]c(-c2nccn2C)cnc1.[C-]#N.[Ir+3].[c-]1ccccc1-c1ccccn1. The Morgan fingerprint density at radius 2 is 1.36 bits per heavy atom. The van der Waals surface area contributed by atoms with E-state index in [1.165, 1.54) is 0 Å². The third kappa shape index (κ3) is 6.53. The maximum atomic E-state index is 6.25. The van der Waals surface area contributed by atoms with Gasteiger partial charge in [-0.2, -0.15) is 0 Å². The van der Waals surface area contributed by atoms with E-state index in [0.29, 0.717) is 0 Å². The largest absolute Gasteiger partial charge is 3.00 e. The molecule has 0 fully saturated rings. The second-order valence-corrected chi connectivity index (χ2v) is 6.57. The minimum Gasteiger partial charge on any atom is -0.512 e. The number of benzene rings is 1. The Kier molecular flexibility index (Phi) is 9.84. The van der Waals surface area contributed by atoms with Crippen molar-refractivity contribution >= 4 is 0 Å². The summed E-state index contributed by atoms with van der Waals surface area (Å²) in [6.45, 7) is 4.75. The Hall–Kier alpha value is -3.92. The maximum Gasteiger partial charge on any atom is 3.00 e. The van der Waals surface area contributed by atoms with E-state index >= 15 is 0 Å². The van der Waals surface area contributed by atoms with Crippen LogP contribution in [0.25, 0.3) is 34.0 Å². The molecule has 33 heavy (non-hydrogen) atoms. The quantitative estimate of drug-likeness (QED) is 0.284. The Morgan fingerprint density at radius 3 is 1.82 bits per heavy atom. The first-order valence-electron chi connectivity index (χ1n) is 9.65. The zero-order valence-electron chi connectivity index (χ0n) is 18.0. The van der Waals surface area contributed by atoms with Crippen LogP contribution in [0.2, 0.25) is 0 Å². The normalized spacial score (nSPS) is 9.45. The molecule has 0 aliphatic carbocycles. The van der Waals surface area contributed by atoms with Gasteiger partial charge in [0, 0.05) is 45.1 Å². The minimum absolute atomic E-state index is 0. The molecule has 5 rings (SSSR count). The van der Waals surface area contributed by atoms with E-state index in [2.05, 4.69) is 32.1 Å². The van der Waals surface area contributed by atoms with E-state index in [9.17, 15) is 0 Å². The van der Waals surface area contributed by atoms with Gasteiger partial charge in [-0.05, 0) is 24.2 Å². The molecule has 0 aliphatic heterocycles. The molecule has 1 aromatic carbocycles. The monoisotopic (exact) mass is 611 g/mol. The molecule has 7 nitrogen and oxygen atoms in total. The van der Waals surface area contributed by atoms with E-state index in [-0.39, 0.29) is 20.1 Å². The van der Waals surface area contributed by atoms with Crippen molar-refractivity contribution in [2.24, 2.45) is 14.1 Å². The third-order valence-electron chi connectivity index (χ3n) is 4.45. The average Bonchev–Trinajstić information content (AvgIpc) is 3.50. The van der Waals surface area contributed by atoms with Crippen LogP contribution >= 0.6 is 0 Å². The summed E-state index contributed by atoms with van der Waals surface area (Å²) < 4.78 is 3.88. The molecule has 0 unspecified atom stereocenters. The van der Waals surface area contributed by atoms with Gasteiger partial charge >= 0.3 is 20.1 Å². The van der Waals surface area contributed by atoms with E-state index in [4.69, 9.17) is 11.8 Å². The second kappa shape index (κ2) is 12.8. The van der Waals surface area contributed by atoms with Gasteiger partial charge in [-0.25, -0.2) is 0 Å². The summed E-state index contributed by atoms with van der Waals surface area (Å²) in [4.78, 5) is 17.0. The van der Waals surface area contributed by atoms with Crippen LogP contribution in [0.15, 0.2) is 85.8 Å². The van der Waals surface area contributed by atoms with Crippen molar-refractivity contribution in [1.29, 1.82) is 5.26 Å². The number of nitrogens with zero attached hydrogens (tertiary/aromatic N) is 7. The van der Waals surface area contributed by atoms with Crippen molar-refractivity contribution in [1.82, 2.24) is 29.1 Å². The van der Waals surface area contributed by atoms with Crippen LogP contribution in [-0.2, 0) is 34.2 Å². The molecule has 4 heterocycles. The Balaban J connectivity index is 0.000000225. The first kappa shape index (κ1) is 25.3. The summed E-state index contributed by atoms with van der Waals surface area (Å²) >= 11 is 0. The molecular weight excluding hydrogens is 591 g/mol. The Bertz CT molecular complexity index is 1170. The zero-order chi connectivity index (χ0) is 22.8. The number of aromatic nitrogens is 6. The van der Waals surface area contributed by atoms with Crippen LogP contribution in [0.3, 0.4) is 0 Å². The van der Waals surface area contributed by atoms with Crippen molar-refractivity contribution in [2.75, 3.05) is 0 Å². The van der Waals surface area contributed by atoms with Gasteiger partial charge in [0.15, 0.2) is 0 Å². The van der Waals surface area contributed by atoms with Gasteiger partial charge in [0.2, 0.25) is 0 Å². The van der Waals surface area contributed by atoms with Crippen LogP contribution in [0.5, 0.6) is 0 Å². The van der Waals surface area contributed by atoms with Crippen LogP contribution in [-0.4, -0.2) is 29.1 Å². The third-order valence-corrected chi connectivity index (χ3v) is 4.45. The molecule has 4 aromatic heterocycles. The van der Waals surface area contributed by atoms with Crippen LogP contribution in [0.1, 0.15) is 0 Å². The van der Waals surface area contributed by atoms with E-state index in [1.54, 1.807) is 31.0 Å². The van der Waals surface area contributed by atoms with Crippen molar-refractivity contribution in [3.05, 3.63) is 105 Å². The molecule has 164 valence electrons. The van der Waals surface area contributed by atoms with E-state index < -0.39 is 0 Å². The summed E-state index contributed by atoms with van der Waals surface area (Å²) in [5.74, 6) is 1.69. The molecule has 0 aliphatic rings. The number of aryl methyl sites for hydroxylation is 2. The second-order valence-electron chi connectivity index (χ2n) is 6.57. The molecule has 0 atom stereocenters. The minimum atomic E-state index is 0. The number of rotatable bonds is 3. The average molecular weight is 611 g/mol. The number of pyridine rings is 2. The fraction of sp³-hybridized carbons (Fsp3) is 0.0800. The molecular formula is C25H20IrN7. The summed E-state index contributed by atoms with van der Waals surface area (Å²) in [5.41, 5.74) is 3.74. The number of hydrogen-bond donors (Lipinski definition) is 0. The number of imidazole rings is 2. The molecule has 0 saturated carbocycles. The standard InChI is InChI=1S/C13H12N5.C11H8N.CN.Ir/c1-17-5-3-15-12(17)10-7-11(9-14-8-10)13-16-4-6-18(13)2;1-2-6-10(7-3-1)11-8-4-5-9-12-11;1-2;/h3-6,8-9H,1-2H3;1-6,8-9H;;/q3*-1;+3. The molecule has 8 heteroatoms. The van der Waals surface area contributed by atoms with Crippen LogP contribution in [0, 0.1) is 24.0 Å². The van der Waals surface area contributed by atoms with Gasteiger partial charge in [0.05, 0.1) is 11.6 Å². The first-order chi connectivity index (χ1) is 15.7. The van der Waals surface area contributed by atoms with Gasteiger partial charge in [0.25, 0.3) is 0 Å². The Labute approximate surface area is 206 Å². The van der Waals surface area contributed by atoms with E-state index in [1.807, 2.05) is 78.1 Å². The fourth-order valence-electron chi connectivity index (χ4n) is 2.95. The summed E-state index contributed by atoms with van der Waals surface area (Å²) in [6.07, 6.45) is 12.6. The van der Waals surface area contributed by atoms with Crippen molar-refractivity contribution < 1.29 is 20.1 Å². The molecule has 5 aromatic rings. The summed E-state index contributed by atoms with van der Waals surface area (Å²) in [7, 11) is 3.90. The van der Waals surface area contributed by atoms with Crippen LogP contribution < -0.4 is 0 Å². The van der Waals surface area contributed by atoms with Gasteiger partial charge < -0.3 is 30.9 Å². The predicted molar refractivity (Wildman–Crippen MR) is 121 cm³/mol. The van der Waals surface area contributed by atoms with Crippen molar-refractivity contribution in [3.63, 3.8) is 0 Å². The number of hydrogen-bond acceptors (Lipinski definition) is 5. The molecule has 0 bridgehead atoms. The zero-order valence-corrected chi connectivity index (χ0v) is 20.4. The van der Waals surface area contributed by atoms with Gasteiger partial charge in [-0.3, -0.25) is 9.97 Å². The van der Waals surface area contributed by atoms with Gasteiger partial charge in [-0.1, -0.05) is 23.3 Å². The molecule has 0 amide bonds. The topological polar surface area (TPSA) is 85.2 Å². The van der Waals surface area contributed by atoms with Gasteiger partial charge in [0.1, 0.15) is 0 Å². The molecule has 0 N–H and O–H groups in total. The first-order valence-corrected chi connectivity index (χ1v) is 9.65. The maximum absolute atomic E-state index is 6.25. The fourth-order valence-corrected chi connectivity index (χ4v) is 2.95. The van der Waals surface area contributed by atoms with Crippen LogP contribution in [0.4, 0.5) is 0 Å². The summed E-state index contributed by atoms with van der Waals surface area (Å²) in [6, 6.07) is 20.1. The smallest absolute Gasteiger partial charge is 0.512 e. The summed E-state index contributed by atoms with van der Waals surface area (Å²) in [5, 5.41) is 6.25. The molecule has 0 radical (unpaired) electrons. The predicted octanol–water partition coefficient (Wildman–Crippen LogP) is 4.33. The van der Waals surface area contributed by atoms with Crippen molar-refractivity contribution in [2.45, 2.75) is 0 Å². The Morgan fingerprint density at radius 1 is 0.758 bits per heavy atom. The van der Waals surface area contributed by atoms with Crippen molar-refractivity contribution in [3.8, 4) is 34.0 Å². The molecule has 0 spiro atoms. The van der Waals surface area contributed by atoms with E-state index in [0.717, 1.165) is 34.0 Å². The molecule has 0 saturated heterocycles. The van der Waals surface area contributed by atoms with Gasteiger partial charge in [-0.15, -0.1) is 42.0 Å².